The van der Waals surface area contributed by atoms with Gasteiger partial charge in [-0.15, -0.1) is 0 Å². The average Bonchev–Trinajstić information content (AvgIpc) is 2.62. The molecule has 2 rings (SSSR count). The molecule has 0 aliphatic heterocycles. The number of hydrogen-bond acceptors (Lipinski definition) is 5. The van der Waals surface area contributed by atoms with E-state index in [9.17, 15) is 14.0 Å². The number of benzene rings is 1. The lowest BCUT2D eigenvalue weighted by Crippen LogP contribution is -2.21. The average molecular weight is 390 g/mol. The Balaban J connectivity index is 1.91. The molecule has 0 aliphatic carbocycles. The first-order valence-corrected chi connectivity index (χ1v) is 8.64. The molecular formula is C19H23FN4O4. The number of urea groups is 1. The van der Waals surface area contributed by atoms with Crippen molar-refractivity contribution in [2.75, 3.05) is 24.3 Å². The van der Waals surface area contributed by atoms with Crippen LogP contribution in [-0.4, -0.2) is 42.2 Å². The number of anilines is 2. The first-order valence-electron chi connectivity index (χ1n) is 8.64. The van der Waals surface area contributed by atoms with Gasteiger partial charge in [-0.05, 0) is 32.0 Å². The van der Waals surface area contributed by atoms with Crippen molar-refractivity contribution >= 4 is 23.8 Å². The topological polar surface area (TPSA) is 92.8 Å². The number of amides is 3. The number of hydrogen-bond donors (Lipinski definition) is 2. The highest BCUT2D eigenvalue weighted by Crippen LogP contribution is 2.22. The Morgan fingerprint density at radius 3 is 2.71 bits per heavy atom. The summed E-state index contributed by atoms with van der Waals surface area (Å²) in [6.07, 6.45) is 2.27. The van der Waals surface area contributed by atoms with Crippen molar-refractivity contribution in [2.24, 2.45) is 0 Å². The summed E-state index contributed by atoms with van der Waals surface area (Å²) in [4.78, 5) is 31.7. The normalized spacial score (nSPS) is 11.4. The Kier molecular flexibility index (Phi) is 7.70. The molecule has 3 amide bonds. The van der Waals surface area contributed by atoms with Crippen LogP contribution in [-0.2, 0) is 9.63 Å². The summed E-state index contributed by atoms with van der Waals surface area (Å²) in [5, 5.41) is 6.23. The number of pyridine rings is 1. The minimum atomic E-state index is -0.547. The van der Waals surface area contributed by atoms with Crippen molar-refractivity contribution in [3.63, 3.8) is 0 Å². The standard InChI is InChI=1S/C19H23FN4O4/c1-13-4-5-16(11-21-13)22-19(26)23-17-8-15(20)9-18(10-17)28-14(2)6-7-27-24(3)12-25/h4-5,8-12,14H,6-7H2,1-3H3,(H2,22,23,26)/t14-/m0/s1. The maximum Gasteiger partial charge on any atom is 0.323 e. The molecule has 0 bridgehead atoms. The summed E-state index contributed by atoms with van der Waals surface area (Å²) < 4.78 is 19.5. The van der Waals surface area contributed by atoms with E-state index in [1.807, 2.05) is 6.92 Å². The van der Waals surface area contributed by atoms with Gasteiger partial charge in [-0.1, -0.05) is 0 Å². The number of hydroxylamine groups is 2. The van der Waals surface area contributed by atoms with Crippen LogP contribution in [0.25, 0.3) is 0 Å². The van der Waals surface area contributed by atoms with Crippen LogP contribution in [0.1, 0.15) is 19.0 Å². The van der Waals surface area contributed by atoms with Gasteiger partial charge in [0.1, 0.15) is 11.6 Å². The summed E-state index contributed by atoms with van der Waals surface area (Å²) in [6, 6.07) is 6.88. The van der Waals surface area contributed by atoms with Crippen molar-refractivity contribution < 1.29 is 23.6 Å². The Morgan fingerprint density at radius 2 is 2.04 bits per heavy atom. The Hall–Kier alpha value is -3.20. The molecule has 1 heterocycles. The molecule has 1 atom stereocenters. The molecule has 0 fully saturated rings. The van der Waals surface area contributed by atoms with Gasteiger partial charge in [0, 0.05) is 37.0 Å². The fourth-order valence-electron chi connectivity index (χ4n) is 2.22. The lowest BCUT2D eigenvalue weighted by Gasteiger charge is -2.17. The lowest BCUT2D eigenvalue weighted by atomic mass is 10.2. The molecule has 0 unspecified atom stereocenters. The van der Waals surface area contributed by atoms with Crippen LogP contribution < -0.4 is 15.4 Å². The summed E-state index contributed by atoms with van der Waals surface area (Å²) in [6.45, 7) is 3.90. The van der Waals surface area contributed by atoms with Gasteiger partial charge >= 0.3 is 6.03 Å². The molecule has 8 nitrogen and oxygen atoms in total. The zero-order valence-electron chi connectivity index (χ0n) is 15.9. The third kappa shape index (κ3) is 7.20. The minimum Gasteiger partial charge on any atom is -0.490 e. The Morgan fingerprint density at radius 1 is 1.29 bits per heavy atom. The van der Waals surface area contributed by atoms with Crippen molar-refractivity contribution in [1.29, 1.82) is 0 Å². The van der Waals surface area contributed by atoms with Crippen LogP contribution in [0.3, 0.4) is 0 Å². The second-order valence-electron chi connectivity index (χ2n) is 6.14. The maximum atomic E-state index is 13.9. The third-order valence-electron chi connectivity index (χ3n) is 3.60. The second-order valence-corrected chi connectivity index (χ2v) is 6.14. The van der Waals surface area contributed by atoms with Crippen LogP contribution >= 0.6 is 0 Å². The summed E-state index contributed by atoms with van der Waals surface area (Å²) in [5.74, 6) is -0.280. The zero-order chi connectivity index (χ0) is 20.5. The van der Waals surface area contributed by atoms with Crippen LogP contribution in [0, 0.1) is 12.7 Å². The van der Waals surface area contributed by atoms with Crippen LogP contribution in [0.15, 0.2) is 36.5 Å². The van der Waals surface area contributed by atoms with Gasteiger partial charge in [0.2, 0.25) is 6.41 Å². The highest BCUT2D eigenvalue weighted by molar-refractivity contribution is 5.99. The van der Waals surface area contributed by atoms with Gasteiger partial charge in [0.25, 0.3) is 0 Å². The number of nitrogens with one attached hydrogen (secondary N) is 2. The maximum absolute atomic E-state index is 13.9. The van der Waals surface area contributed by atoms with E-state index in [4.69, 9.17) is 9.57 Å². The second kappa shape index (κ2) is 10.2. The predicted octanol–water partition coefficient (Wildman–Crippen LogP) is 3.35. The predicted molar refractivity (Wildman–Crippen MR) is 103 cm³/mol. The fourth-order valence-corrected chi connectivity index (χ4v) is 2.22. The molecule has 0 saturated carbocycles. The molecule has 1 aromatic heterocycles. The van der Waals surface area contributed by atoms with E-state index >= 15 is 0 Å². The van der Waals surface area contributed by atoms with Crippen LogP contribution in [0.5, 0.6) is 5.75 Å². The smallest absolute Gasteiger partial charge is 0.323 e. The van der Waals surface area contributed by atoms with E-state index < -0.39 is 11.8 Å². The van der Waals surface area contributed by atoms with E-state index in [1.165, 1.54) is 31.4 Å². The largest absolute Gasteiger partial charge is 0.490 e. The number of aromatic nitrogens is 1. The van der Waals surface area contributed by atoms with Gasteiger partial charge < -0.3 is 15.4 Å². The number of nitrogens with zero attached hydrogens (tertiary/aromatic N) is 2. The molecule has 0 saturated heterocycles. The summed E-state index contributed by atoms with van der Waals surface area (Å²) in [7, 11) is 1.49. The third-order valence-corrected chi connectivity index (χ3v) is 3.60. The molecule has 0 radical (unpaired) electrons. The SMILES string of the molecule is Cc1ccc(NC(=O)Nc2cc(F)cc(O[C@@H](C)CCON(C)C=O)c2)cn1. The van der Waals surface area contributed by atoms with Gasteiger partial charge in [0.15, 0.2) is 0 Å². The minimum absolute atomic E-state index is 0.247. The Bertz CT molecular complexity index is 801. The quantitative estimate of drug-likeness (QED) is 0.506. The van der Waals surface area contributed by atoms with Gasteiger partial charge in [-0.3, -0.25) is 14.6 Å². The number of rotatable bonds is 9. The van der Waals surface area contributed by atoms with Gasteiger partial charge in [0.05, 0.1) is 24.6 Å². The molecule has 0 aliphatic rings. The monoisotopic (exact) mass is 390 g/mol. The van der Waals surface area contributed by atoms with Crippen molar-refractivity contribution in [1.82, 2.24) is 10.0 Å². The summed E-state index contributed by atoms with van der Waals surface area (Å²) >= 11 is 0. The van der Waals surface area contributed by atoms with Crippen molar-refractivity contribution in [2.45, 2.75) is 26.4 Å². The lowest BCUT2D eigenvalue weighted by molar-refractivity contribution is -0.165. The molecule has 0 spiro atoms. The molecule has 1 aromatic carbocycles. The number of carbonyl (C=O) groups is 2. The molecule has 28 heavy (non-hydrogen) atoms. The van der Waals surface area contributed by atoms with Crippen LogP contribution in [0.2, 0.25) is 0 Å². The first-order chi connectivity index (χ1) is 13.4. The van der Waals surface area contributed by atoms with E-state index in [2.05, 4.69) is 15.6 Å². The Labute approximate surface area is 162 Å². The van der Waals surface area contributed by atoms with Crippen molar-refractivity contribution in [3.8, 4) is 5.75 Å². The van der Waals surface area contributed by atoms with Crippen molar-refractivity contribution in [3.05, 3.63) is 48.0 Å². The number of aryl methyl sites for hydroxylation is 1. The highest BCUT2D eigenvalue weighted by Gasteiger charge is 2.10. The van der Waals surface area contributed by atoms with E-state index in [-0.39, 0.29) is 24.1 Å². The zero-order valence-corrected chi connectivity index (χ0v) is 15.9. The highest BCUT2D eigenvalue weighted by atomic mass is 19.1. The van der Waals surface area contributed by atoms with E-state index in [1.54, 1.807) is 19.1 Å². The molecule has 2 N–H and O–H groups in total. The van der Waals surface area contributed by atoms with E-state index in [0.29, 0.717) is 18.5 Å². The summed E-state index contributed by atoms with van der Waals surface area (Å²) in [5.41, 5.74) is 1.59. The van der Waals surface area contributed by atoms with Crippen LogP contribution in [0.4, 0.5) is 20.6 Å². The number of carbonyl (C=O) groups excluding carboxylic acids is 2. The number of halogens is 1. The van der Waals surface area contributed by atoms with Gasteiger partial charge in [-0.2, -0.15) is 0 Å². The first kappa shape index (κ1) is 21.1. The molecule has 9 heteroatoms. The number of ether oxygens (including phenoxy) is 1. The van der Waals surface area contributed by atoms with Gasteiger partial charge in [-0.25, -0.2) is 14.2 Å². The molecule has 2 aromatic rings. The van der Waals surface area contributed by atoms with E-state index in [0.717, 1.165) is 10.8 Å². The molecular weight excluding hydrogens is 367 g/mol. The fraction of sp³-hybridized carbons (Fsp3) is 0.316. The molecule has 150 valence electrons.